The minimum Gasteiger partial charge on any atom is -0.542 e. The molecule has 1 aromatic carbocycles. The maximum Gasteiger partial charge on any atom is 0.363 e. The lowest BCUT2D eigenvalue weighted by Crippen LogP contribution is -2.44. The Morgan fingerprint density at radius 1 is 1.18 bits per heavy atom. The zero-order valence-electron chi connectivity index (χ0n) is 14.0. The topological polar surface area (TPSA) is 46.8 Å². The van der Waals surface area contributed by atoms with Crippen LogP contribution in [0.25, 0.3) is 11.0 Å². The van der Waals surface area contributed by atoms with E-state index in [2.05, 4.69) is 33.9 Å². The highest BCUT2D eigenvalue weighted by atomic mass is 28.4. The third-order valence-electron chi connectivity index (χ3n) is 4.25. The van der Waals surface area contributed by atoms with Crippen molar-refractivity contribution in [2.75, 3.05) is 7.11 Å². The minimum atomic E-state index is -2.10. The Balaban J connectivity index is 2.65. The van der Waals surface area contributed by atoms with Crippen LogP contribution < -0.4 is 4.43 Å². The second kappa shape index (κ2) is 5.72. The quantitative estimate of drug-likeness (QED) is 0.459. The molecule has 0 unspecified atom stereocenters. The molecule has 0 N–H and O–H groups in total. The molecule has 0 aliphatic heterocycles. The Morgan fingerprint density at radius 3 is 2.41 bits per heavy atom. The summed E-state index contributed by atoms with van der Waals surface area (Å²) in [4.78, 5) is 12.1. The summed E-state index contributed by atoms with van der Waals surface area (Å²) in [5.74, 6) is 0.100. The van der Waals surface area contributed by atoms with Crippen molar-refractivity contribution in [3.05, 3.63) is 36.1 Å². The molecule has 0 spiro atoms. The number of benzene rings is 1. The molecular formula is C17H23O4Si+. The summed E-state index contributed by atoms with van der Waals surface area (Å²) in [6, 6.07) is 7.54. The first-order valence-electron chi connectivity index (χ1n) is 7.28. The molecule has 0 saturated carbocycles. The molecule has 5 heteroatoms. The standard InChI is InChI=1S/C17H23O4Si/c1-17(2,3)22(5,6)21-15-12-9-7-8-10-14(12)20-11-13(15)16(18)19-4/h7-11H,1-6H3/q+1. The fraction of sp³-hybridized carbons (Fsp3) is 0.412. The Morgan fingerprint density at radius 2 is 1.82 bits per heavy atom. The summed E-state index contributed by atoms with van der Waals surface area (Å²) in [7, 11) is -0.748. The average molecular weight is 319 g/mol. The highest BCUT2D eigenvalue weighted by Crippen LogP contribution is 2.40. The van der Waals surface area contributed by atoms with E-state index >= 15 is 0 Å². The van der Waals surface area contributed by atoms with Gasteiger partial charge in [0.1, 0.15) is 11.1 Å². The second-order valence-electron chi connectivity index (χ2n) is 6.83. The molecule has 4 nitrogen and oxygen atoms in total. The predicted molar refractivity (Wildman–Crippen MR) is 89.8 cm³/mol. The van der Waals surface area contributed by atoms with E-state index in [4.69, 9.17) is 13.6 Å². The van der Waals surface area contributed by atoms with Crippen LogP contribution in [0.3, 0.4) is 0 Å². The van der Waals surface area contributed by atoms with Gasteiger partial charge in [-0.2, -0.15) is 0 Å². The Hall–Kier alpha value is -1.88. The third-order valence-corrected chi connectivity index (χ3v) is 8.58. The number of fused-ring (bicyclic) bond motifs is 1. The van der Waals surface area contributed by atoms with Crippen molar-refractivity contribution < 1.29 is 18.4 Å². The number of carbonyl (C=O) groups is 1. The van der Waals surface area contributed by atoms with Crippen LogP contribution in [-0.4, -0.2) is 21.4 Å². The first-order valence-corrected chi connectivity index (χ1v) is 10.2. The molecule has 0 saturated heterocycles. The zero-order chi connectivity index (χ0) is 16.5. The highest BCUT2D eigenvalue weighted by Gasteiger charge is 2.41. The highest BCUT2D eigenvalue weighted by molar-refractivity contribution is 6.74. The number of para-hydroxylation sites is 1. The number of hydrogen-bond donors (Lipinski definition) is 0. The summed E-state index contributed by atoms with van der Waals surface area (Å²) >= 11 is 0. The molecule has 0 aliphatic carbocycles. The van der Waals surface area contributed by atoms with Crippen LogP contribution in [0.15, 0.2) is 34.9 Å². The molecule has 118 valence electrons. The number of hydrogen-bond acceptors (Lipinski definition) is 3. The van der Waals surface area contributed by atoms with Crippen molar-refractivity contribution in [1.29, 1.82) is 0 Å². The van der Waals surface area contributed by atoms with E-state index in [1.807, 2.05) is 24.3 Å². The summed E-state index contributed by atoms with van der Waals surface area (Å²) in [5, 5.41) is 0.810. The van der Waals surface area contributed by atoms with Gasteiger partial charge in [-0.15, -0.1) is 0 Å². The summed E-state index contributed by atoms with van der Waals surface area (Å²) in [5.41, 5.74) is 1.01. The van der Waals surface area contributed by atoms with Gasteiger partial charge in [0.05, 0.1) is 7.11 Å². The fourth-order valence-corrected chi connectivity index (χ4v) is 2.88. The van der Waals surface area contributed by atoms with Gasteiger partial charge in [0.15, 0.2) is 5.56 Å². The van der Waals surface area contributed by atoms with Gasteiger partial charge in [0.25, 0.3) is 8.32 Å². The molecule has 0 radical (unpaired) electrons. The first kappa shape index (κ1) is 16.5. The Bertz CT molecular complexity index is 701. The van der Waals surface area contributed by atoms with Crippen LogP contribution >= 0.6 is 0 Å². The molecule has 1 heterocycles. The van der Waals surface area contributed by atoms with E-state index < -0.39 is 14.3 Å². The van der Waals surface area contributed by atoms with E-state index in [1.165, 1.54) is 13.4 Å². The molecule has 2 aromatic rings. The normalized spacial score (nSPS) is 12.3. The minimum absolute atomic E-state index is 0.0223. The van der Waals surface area contributed by atoms with Crippen molar-refractivity contribution >= 4 is 25.3 Å². The fourth-order valence-electron chi connectivity index (χ4n) is 1.85. The monoisotopic (exact) mass is 319 g/mol. The number of esters is 1. The van der Waals surface area contributed by atoms with Crippen LogP contribution in [0, 0.1) is 0 Å². The van der Waals surface area contributed by atoms with Crippen molar-refractivity contribution in [2.24, 2.45) is 0 Å². The number of carbonyl (C=O) groups excluding carboxylic acids is 1. The first-order chi connectivity index (χ1) is 10.2. The Labute approximate surface area is 132 Å². The molecular weight excluding hydrogens is 296 g/mol. The maximum atomic E-state index is 12.1. The van der Waals surface area contributed by atoms with Crippen molar-refractivity contribution in [3.8, 4) is 5.75 Å². The Kier molecular flexibility index (Phi) is 4.29. The largest absolute Gasteiger partial charge is 0.542 e. The number of ether oxygens (including phenoxy) is 1. The van der Waals surface area contributed by atoms with Gasteiger partial charge in [-0.05, 0) is 24.2 Å². The van der Waals surface area contributed by atoms with Crippen molar-refractivity contribution in [3.63, 3.8) is 0 Å². The lowest BCUT2D eigenvalue weighted by molar-refractivity contribution is 0.0596. The zero-order valence-corrected chi connectivity index (χ0v) is 15.0. The van der Waals surface area contributed by atoms with E-state index in [-0.39, 0.29) is 5.04 Å². The van der Waals surface area contributed by atoms with Crippen LogP contribution in [0.5, 0.6) is 5.75 Å². The SMILES string of the molecule is COC(=O)c1c[o+]c2ccccc2c1O[Si](C)(C)C(C)(C)C. The van der Waals surface area contributed by atoms with Gasteiger partial charge in [-0.3, -0.25) is 0 Å². The van der Waals surface area contributed by atoms with Crippen LogP contribution in [-0.2, 0) is 4.74 Å². The van der Waals surface area contributed by atoms with E-state index in [9.17, 15) is 4.79 Å². The lowest BCUT2D eigenvalue weighted by Gasteiger charge is -2.36. The molecule has 0 aliphatic rings. The van der Waals surface area contributed by atoms with Crippen molar-refractivity contribution in [1.82, 2.24) is 0 Å². The van der Waals surface area contributed by atoms with Crippen LogP contribution in [0.2, 0.25) is 18.1 Å². The smallest absolute Gasteiger partial charge is 0.363 e. The van der Waals surface area contributed by atoms with Gasteiger partial charge in [-0.1, -0.05) is 32.9 Å². The number of rotatable bonds is 3. The van der Waals surface area contributed by atoms with Gasteiger partial charge >= 0.3 is 17.8 Å². The molecule has 0 amide bonds. The maximum absolute atomic E-state index is 12.1. The van der Waals surface area contributed by atoms with Gasteiger partial charge in [0.2, 0.25) is 0 Å². The second-order valence-corrected chi connectivity index (χ2v) is 11.6. The van der Waals surface area contributed by atoms with Gasteiger partial charge < -0.3 is 9.16 Å². The van der Waals surface area contributed by atoms with Gasteiger partial charge in [0, 0.05) is 6.07 Å². The summed E-state index contributed by atoms with van der Waals surface area (Å²) < 4.78 is 16.8. The van der Waals surface area contributed by atoms with Crippen molar-refractivity contribution in [2.45, 2.75) is 38.9 Å². The van der Waals surface area contributed by atoms with E-state index in [1.54, 1.807) is 0 Å². The van der Waals surface area contributed by atoms with Crippen LogP contribution in [0.1, 0.15) is 31.1 Å². The summed E-state index contributed by atoms with van der Waals surface area (Å²) in [6.45, 7) is 10.8. The lowest BCUT2D eigenvalue weighted by atomic mass is 10.1. The number of methoxy groups -OCH3 is 1. The van der Waals surface area contributed by atoms with Crippen LogP contribution in [0.4, 0.5) is 0 Å². The average Bonchev–Trinajstić information content (AvgIpc) is 2.45. The molecule has 2 rings (SSSR count). The van der Waals surface area contributed by atoms with E-state index in [0.717, 1.165) is 5.39 Å². The third kappa shape index (κ3) is 2.99. The molecule has 0 atom stereocenters. The summed E-state index contributed by atoms with van der Waals surface area (Å²) in [6.07, 6.45) is 1.41. The molecule has 0 fully saturated rings. The van der Waals surface area contributed by atoms with Gasteiger partial charge in [-0.25, -0.2) is 9.21 Å². The molecule has 1 aromatic heterocycles. The van der Waals surface area contributed by atoms with E-state index in [0.29, 0.717) is 16.9 Å². The molecule has 22 heavy (non-hydrogen) atoms. The molecule has 0 bridgehead atoms. The predicted octanol–water partition coefficient (Wildman–Crippen LogP) is 4.88.